The van der Waals surface area contributed by atoms with E-state index in [4.69, 9.17) is 4.74 Å². The summed E-state index contributed by atoms with van der Waals surface area (Å²) in [5.74, 6) is -0.926. The summed E-state index contributed by atoms with van der Waals surface area (Å²) >= 11 is 0. The van der Waals surface area contributed by atoms with Crippen molar-refractivity contribution in [3.05, 3.63) is 79.9 Å². The molecule has 136 valence electrons. The molecule has 0 heterocycles. The van der Waals surface area contributed by atoms with Crippen molar-refractivity contribution in [3.8, 4) is 0 Å². The SMILES string of the molecule is CCC(OC(=O)c1cc([N+](=O)[O-])cc([N+](=O)[O-])c1)C(C)c1ccccc1. The van der Waals surface area contributed by atoms with Gasteiger partial charge in [0, 0.05) is 18.1 Å². The number of carbonyl (C=O) groups excluding carboxylic acids is 1. The highest BCUT2D eigenvalue weighted by atomic mass is 16.6. The second-order valence-corrected chi connectivity index (χ2v) is 5.80. The Morgan fingerprint density at radius 3 is 2.04 bits per heavy atom. The summed E-state index contributed by atoms with van der Waals surface area (Å²) in [4.78, 5) is 32.8. The van der Waals surface area contributed by atoms with Gasteiger partial charge in [0.25, 0.3) is 11.4 Å². The first-order valence-electron chi connectivity index (χ1n) is 8.03. The average molecular weight is 358 g/mol. The van der Waals surface area contributed by atoms with Crippen LogP contribution in [0.15, 0.2) is 48.5 Å². The van der Waals surface area contributed by atoms with Crippen molar-refractivity contribution in [1.29, 1.82) is 0 Å². The zero-order chi connectivity index (χ0) is 19.3. The highest BCUT2D eigenvalue weighted by Crippen LogP contribution is 2.27. The summed E-state index contributed by atoms with van der Waals surface area (Å²) in [6, 6.07) is 12.2. The minimum atomic E-state index is -0.827. The van der Waals surface area contributed by atoms with E-state index in [2.05, 4.69) is 0 Å². The molecule has 0 spiro atoms. The van der Waals surface area contributed by atoms with Gasteiger partial charge in [-0.15, -0.1) is 0 Å². The third-order valence-electron chi connectivity index (χ3n) is 4.10. The van der Waals surface area contributed by atoms with Gasteiger partial charge >= 0.3 is 5.97 Å². The number of nitro groups is 2. The predicted octanol–water partition coefficient (Wildman–Crippen LogP) is 4.24. The maximum Gasteiger partial charge on any atom is 0.338 e. The number of hydrogen-bond donors (Lipinski definition) is 0. The molecule has 8 heteroatoms. The van der Waals surface area contributed by atoms with E-state index in [0.29, 0.717) is 6.42 Å². The number of hydrogen-bond acceptors (Lipinski definition) is 6. The van der Waals surface area contributed by atoms with Crippen molar-refractivity contribution >= 4 is 17.3 Å². The van der Waals surface area contributed by atoms with Crippen molar-refractivity contribution < 1.29 is 19.4 Å². The molecule has 2 aromatic rings. The molecule has 0 bridgehead atoms. The largest absolute Gasteiger partial charge is 0.458 e. The molecule has 0 saturated heterocycles. The minimum absolute atomic E-state index is 0.0983. The van der Waals surface area contributed by atoms with Crippen LogP contribution in [0.2, 0.25) is 0 Å². The molecular weight excluding hydrogens is 340 g/mol. The number of nitrogens with zero attached hydrogens (tertiary/aromatic N) is 2. The molecule has 0 N–H and O–H groups in total. The molecule has 0 fully saturated rings. The lowest BCUT2D eigenvalue weighted by Crippen LogP contribution is -2.23. The molecule has 2 atom stereocenters. The molecule has 26 heavy (non-hydrogen) atoms. The molecule has 2 rings (SSSR count). The molecule has 0 radical (unpaired) electrons. The Morgan fingerprint density at radius 1 is 1.04 bits per heavy atom. The van der Waals surface area contributed by atoms with Crippen LogP contribution < -0.4 is 0 Å². The Morgan fingerprint density at radius 2 is 1.58 bits per heavy atom. The second-order valence-electron chi connectivity index (χ2n) is 5.80. The number of carbonyl (C=O) groups is 1. The topological polar surface area (TPSA) is 113 Å². The van der Waals surface area contributed by atoms with Gasteiger partial charge in [0.15, 0.2) is 0 Å². The molecule has 0 aromatic heterocycles. The van der Waals surface area contributed by atoms with Crippen LogP contribution in [0.25, 0.3) is 0 Å². The van der Waals surface area contributed by atoms with Gasteiger partial charge in [0.1, 0.15) is 6.10 Å². The van der Waals surface area contributed by atoms with Gasteiger partial charge in [-0.05, 0) is 12.0 Å². The van der Waals surface area contributed by atoms with Crippen molar-refractivity contribution in [2.75, 3.05) is 0 Å². The number of esters is 1. The van der Waals surface area contributed by atoms with E-state index >= 15 is 0 Å². The molecule has 2 aromatic carbocycles. The number of non-ortho nitro benzene ring substituents is 2. The standard InChI is InChI=1S/C18H18N2O6/c1-3-17(12(2)13-7-5-4-6-8-13)26-18(21)14-9-15(19(22)23)11-16(10-14)20(24)25/h4-12,17H,3H2,1-2H3. The third kappa shape index (κ3) is 4.41. The highest BCUT2D eigenvalue weighted by Gasteiger charge is 2.25. The van der Waals surface area contributed by atoms with Gasteiger partial charge in [-0.25, -0.2) is 4.79 Å². The molecule has 0 aliphatic heterocycles. The smallest absolute Gasteiger partial charge is 0.338 e. The van der Waals surface area contributed by atoms with Crippen LogP contribution in [0.4, 0.5) is 11.4 Å². The fourth-order valence-corrected chi connectivity index (χ4v) is 2.64. The van der Waals surface area contributed by atoms with Gasteiger partial charge in [0.2, 0.25) is 0 Å². The quantitative estimate of drug-likeness (QED) is 0.415. The first kappa shape index (κ1) is 19.0. The van der Waals surface area contributed by atoms with Crippen LogP contribution in [0.1, 0.15) is 42.1 Å². The second kappa shape index (κ2) is 8.19. The summed E-state index contributed by atoms with van der Waals surface area (Å²) < 4.78 is 5.49. The number of nitro benzene ring substituents is 2. The Kier molecular flexibility index (Phi) is 6.00. The van der Waals surface area contributed by atoms with Crippen molar-refractivity contribution in [2.45, 2.75) is 32.3 Å². The first-order chi connectivity index (χ1) is 12.3. The van der Waals surface area contributed by atoms with E-state index in [1.165, 1.54) is 0 Å². The van der Waals surface area contributed by atoms with E-state index in [1.54, 1.807) is 0 Å². The van der Waals surface area contributed by atoms with Crippen LogP contribution in [-0.4, -0.2) is 21.9 Å². The lowest BCUT2D eigenvalue weighted by Gasteiger charge is -2.23. The van der Waals surface area contributed by atoms with Crippen LogP contribution in [0.5, 0.6) is 0 Å². The molecule has 0 aliphatic carbocycles. The average Bonchev–Trinajstić information content (AvgIpc) is 2.65. The van der Waals surface area contributed by atoms with E-state index in [0.717, 1.165) is 23.8 Å². The maximum atomic E-state index is 12.4. The molecule has 8 nitrogen and oxygen atoms in total. The minimum Gasteiger partial charge on any atom is -0.458 e. The number of benzene rings is 2. The van der Waals surface area contributed by atoms with Crippen molar-refractivity contribution in [2.24, 2.45) is 0 Å². The van der Waals surface area contributed by atoms with E-state index in [9.17, 15) is 25.0 Å². The Hall–Kier alpha value is -3.29. The van der Waals surface area contributed by atoms with Gasteiger partial charge in [-0.2, -0.15) is 0 Å². The van der Waals surface area contributed by atoms with Crippen LogP contribution in [0, 0.1) is 20.2 Å². The highest BCUT2D eigenvalue weighted by molar-refractivity contribution is 5.91. The van der Waals surface area contributed by atoms with E-state index in [-0.39, 0.29) is 11.5 Å². The summed E-state index contributed by atoms with van der Waals surface area (Å²) in [6.07, 6.45) is 0.0574. The molecule has 0 aliphatic rings. The summed E-state index contributed by atoms with van der Waals surface area (Å²) in [6.45, 7) is 3.76. The zero-order valence-corrected chi connectivity index (χ0v) is 14.3. The Bertz CT molecular complexity index is 789. The molecule has 0 saturated carbocycles. The van der Waals surface area contributed by atoms with Gasteiger partial charge < -0.3 is 4.74 Å². The number of ether oxygens (including phenoxy) is 1. The predicted molar refractivity (Wildman–Crippen MR) is 94.1 cm³/mol. The fourth-order valence-electron chi connectivity index (χ4n) is 2.64. The summed E-state index contributed by atoms with van der Waals surface area (Å²) in [5.41, 5.74) is -0.299. The Labute approximate surface area is 149 Å². The van der Waals surface area contributed by atoms with Crippen molar-refractivity contribution in [1.82, 2.24) is 0 Å². The lowest BCUT2D eigenvalue weighted by molar-refractivity contribution is -0.394. The first-order valence-corrected chi connectivity index (χ1v) is 8.03. The van der Waals surface area contributed by atoms with Crippen LogP contribution in [-0.2, 0) is 4.74 Å². The lowest BCUT2D eigenvalue weighted by atomic mass is 9.94. The fraction of sp³-hybridized carbons (Fsp3) is 0.278. The summed E-state index contributed by atoms with van der Waals surface area (Å²) in [5, 5.41) is 21.9. The zero-order valence-electron chi connectivity index (χ0n) is 14.3. The van der Waals surface area contributed by atoms with Gasteiger partial charge in [-0.3, -0.25) is 20.2 Å². The van der Waals surface area contributed by atoms with E-state index < -0.39 is 33.3 Å². The summed E-state index contributed by atoms with van der Waals surface area (Å²) in [7, 11) is 0. The van der Waals surface area contributed by atoms with Gasteiger partial charge in [0.05, 0.1) is 21.5 Å². The Balaban J connectivity index is 2.27. The third-order valence-corrected chi connectivity index (χ3v) is 4.10. The molecule has 2 unspecified atom stereocenters. The van der Waals surface area contributed by atoms with E-state index in [1.807, 2.05) is 44.2 Å². The van der Waals surface area contributed by atoms with Crippen molar-refractivity contribution in [3.63, 3.8) is 0 Å². The number of rotatable bonds is 7. The normalized spacial score (nSPS) is 12.8. The van der Waals surface area contributed by atoms with Crippen LogP contribution >= 0.6 is 0 Å². The van der Waals surface area contributed by atoms with Crippen LogP contribution in [0.3, 0.4) is 0 Å². The molecular formula is C18H18N2O6. The molecule has 0 amide bonds. The monoisotopic (exact) mass is 358 g/mol. The van der Waals surface area contributed by atoms with Gasteiger partial charge in [-0.1, -0.05) is 44.2 Å². The maximum absolute atomic E-state index is 12.4.